The highest BCUT2D eigenvalue weighted by Gasteiger charge is 2.14. The average Bonchev–Trinajstić information content (AvgIpc) is 2.53. The first kappa shape index (κ1) is 14.5. The monoisotopic (exact) mass is 287 g/mol. The molecular weight excluding hydrogens is 273 g/mol. The first-order valence-corrected chi connectivity index (χ1v) is 6.14. The molecule has 0 bridgehead atoms. The summed E-state index contributed by atoms with van der Waals surface area (Å²) in [5.74, 6) is -0.725. The van der Waals surface area contributed by atoms with Crippen molar-refractivity contribution in [3.63, 3.8) is 0 Å². The first-order chi connectivity index (χ1) is 10.0. The molecule has 3 N–H and O–H groups in total. The van der Waals surface area contributed by atoms with Gasteiger partial charge in [-0.25, -0.2) is 4.39 Å². The zero-order valence-electron chi connectivity index (χ0n) is 11.3. The van der Waals surface area contributed by atoms with Crippen molar-refractivity contribution in [3.05, 3.63) is 65.5 Å². The van der Waals surface area contributed by atoms with Crippen LogP contribution in [0.3, 0.4) is 0 Å². The third-order valence-corrected chi connectivity index (χ3v) is 3.03. The normalized spacial score (nSPS) is 11.2. The van der Waals surface area contributed by atoms with Crippen LogP contribution in [0.5, 0.6) is 0 Å². The van der Waals surface area contributed by atoms with E-state index in [1.54, 1.807) is 25.2 Å². The second kappa shape index (κ2) is 6.04. The molecule has 2 rings (SSSR count). The predicted molar refractivity (Wildman–Crippen MR) is 78.1 cm³/mol. The van der Waals surface area contributed by atoms with Gasteiger partial charge in [-0.2, -0.15) is 0 Å². The van der Waals surface area contributed by atoms with Crippen LogP contribution in [-0.2, 0) is 0 Å². The number of oxime groups is 1. The second-order valence-electron chi connectivity index (χ2n) is 4.41. The summed E-state index contributed by atoms with van der Waals surface area (Å²) in [5, 5.41) is 11.6. The molecule has 0 heterocycles. The molecule has 2 aromatic carbocycles. The first-order valence-electron chi connectivity index (χ1n) is 6.14. The smallest absolute Gasteiger partial charge is 0.258 e. The highest BCUT2D eigenvalue weighted by Crippen LogP contribution is 2.16. The zero-order valence-corrected chi connectivity index (χ0v) is 11.3. The standard InChI is InChI=1S/C15H14FN3O2/c1-19(13-7-5-12(16)6-8-13)15(20)11-4-2-3-10(9-11)14(17)18-21/h2-9,21H,1H3,(H2,17,18). The number of halogens is 1. The Bertz CT molecular complexity index is 684. The number of benzene rings is 2. The number of hydrogen-bond donors (Lipinski definition) is 2. The SMILES string of the molecule is CN(C(=O)c1cccc(C(N)=NO)c1)c1ccc(F)cc1. The Kier molecular flexibility index (Phi) is 4.18. The van der Waals surface area contributed by atoms with E-state index in [4.69, 9.17) is 10.9 Å². The van der Waals surface area contributed by atoms with Gasteiger partial charge in [0.2, 0.25) is 0 Å². The van der Waals surface area contributed by atoms with Crippen molar-refractivity contribution in [1.82, 2.24) is 0 Å². The van der Waals surface area contributed by atoms with Gasteiger partial charge in [0, 0.05) is 23.9 Å². The van der Waals surface area contributed by atoms with Crippen molar-refractivity contribution in [2.75, 3.05) is 11.9 Å². The minimum Gasteiger partial charge on any atom is -0.409 e. The summed E-state index contributed by atoms with van der Waals surface area (Å²) in [6.07, 6.45) is 0. The lowest BCUT2D eigenvalue weighted by Gasteiger charge is -2.17. The van der Waals surface area contributed by atoms with Gasteiger partial charge in [0.05, 0.1) is 0 Å². The number of amides is 1. The summed E-state index contributed by atoms with van der Waals surface area (Å²) in [6.45, 7) is 0. The number of anilines is 1. The van der Waals surface area contributed by atoms with Gasteiger partial charge in [0.25, 0.3) is 5.91 Å². The summed E-state index contributed by atoms with van der Waals surface area (Å²) < 4.78 is 12.9. The Labute approximate surface area is 121 Å². The van der Waals surface area contributed by atoms with Crippen molar-refractivity contribution in [3.8, 4) is 0 Å². The van der Waals surface area contributed by atoms with Gasteiger partial charge in [-0.05, 0) is 36.4 Å². The molecular formula is C15H14FN3O2. The summed E-state index contributed by atoms with van der Waals surface area (Å²) in [4.78, 5) is 13.8. The quantitative estimate of drug-likeness (QED) is 0.393. The number of nitrogens with two attached hydrogens (primary N) is 1. The van der Waals surface area contributed by atoms with Crippen LogP contribution in [0.2, 0.25) is 0 Å². The van der Waals surface area contributed by atoms with Crippen LogP contribution < -0.4 is 10.6 Å². The molecule has 5 nitrogen and oxygen atoms in total. The predicted octanol–water partition coefficient (Wildman–Crippen LogP) is 2.20. The van der Waals surface area contributed by atoms with Gasteiger partial charge in [0.15, 0.2) is 5.84 Å². The Morgan fingerprint density at radius 1 is 1.19 bits per heavy atom. The molecule has 0 aliphatic rings. The van der Waals surface area contributed by atoms with Crippen LogP contribution in [0.25, 0.3) is 0 Å². The molecule has 0 unspecified atom stereocenters. The van der Waals surface area contributed by atoms with Gasteiger partial charge in [0.1, 0.15) is 5.82 Å². The molecule has 0 saturated heterocycles. The molecule has 108 valence electrons. The number of hydrogen-bond acceptors (Lipinski definition) is 3. The molecule has 0 atom stereocenters. The summed E-state index contributed by atoms with van der Waals surface area (Å²) >= 11 is 0. The van der Waals surface area contributed by atoms with Crippen molar-refractivity contribution < 1.29 is 14.4 Å². The maximum Gasteiger partial charge on any atom is 0.258 e. The van der Waals surface area contributed by atoms with Gasteiger partial charge in [-0.15, -0.1) is 0 Å². The fraction of sp³-hybridized carbons (Fsp3) is 0.0667. The number of nitrogens with zero attached hydrogens (tertiary/aromatic N) is 2. The maximum atomic E-state index is 12.9. The molecule has 0 aliphatic carbocycles. The molecule has 2 aromatic rings. The molecule has 0 aliphatic heterocycles. The van der Waals surface area contributed by atoms with Gasteiger partial charge >= 0.3 is 0 Å². The molecule has 0 saturated carbocycles. The molecule has 0 radical (unpaired) electrons. The fourth-order valence-corrected chi connectivity index (χ4v) is 1.84. The van der Waals surface area contributed by atoms with Gasteiger partial charge in [-0.1, -0.05) is 17.3 Å². The van der Waals surface area contributed by atoms with E-state index >= 15 is 0 Å². The molecule has 0 fully saturated rings. The summed E-state index contributed by atoms with van der Waals surface area (Å²) in [7, 11) is 1.59. The highest BCUT2D eigenvalue weighted by atomic mass is 19.1. The second-order valence-corrected chi connectivity index (χ2v) is 4.41. The van der Waals surface area contributed by atoms with Crippen LogP contribution in [0.4, 0.5) is 10.1 Å². The average molecular weight is 287 g/mol. The van der Waals surface area contributed by atoms with E-state index in [-0.39, 0.29) is 17.6 Å². The minimum absolute atomic E-state index is 0.0749. The van der Waals surface area contributed by atoms with E-state index in [2.05, 4.69) is 5.16 Å². The van der Waals surface area contributed by atoms with Crippen LogP contribution in [-0.4, -0.2) is 24.0 Å². The number of carbonyl (C=O) groups is 1. The topological polar surface area (TPSA) is 78.9 Å². The number of carbonyl (C=O) groups excluding carboxylic acids is 1. The van der Waals surface area contributed by atoms with Crippen LogP contribution >= 0.6 is 0 Å². The maximum absolute atomic E-state index is 12.9. The molecule has 0 spiro atoms. The lowest BCUT2D eigenvalue weighted by atomic mass is 10.1. The van der Waals surface area contributed by atoms with Crippen molar-refractivity contribution in [2.45, 2.75) is 0 Å². The van der Waals surface area contributed by atoms with Gasteiger partial charge in [-0.3, -0.25) is 4.79 Å². The highest BCUT2D eigenvalue weighted by molar-refractivity contribution is 6.07. The molecule has 0 aromatic heterocycles. The Hall–Kier alpha value is -2.89. The van der Waals surface area contributed by atoms with E-state index in [0.29, 0.717) is 16.8 Å². The van der Waals surface area contributed by atoms with Crippen LogP contribution in [0.15, 0.2) is 53.7 Å². The number of amidine groups is 1. The van der Waals surface area contributed by atoms with Crippen molar-refractivity contribution in [1.29, 1.82) is 0 Å². The summed E-state index contributed by atoms with van der Waals surface area (Å²) in [6, 6.07) is 12.0. The Balaban J connectivity index is 2.29. The minimum atomic E-state index is -0.367. The fourth-order valence-electron chi connectivity index (χ4n) is 1.84. The molecule has 1 amide bonds. The van der Waals surface area contributed by atoms with E-state index in [9.17, 15) is 9.18 Å². The van der Waals surface area contributed by atoms with Crippen LogP contribution in [0, 0.1) is 5.82 Å². The van der Waals surface area contributed by atoms with E-state index in [1.165, 1.54) is 35.2 Å². The third-order valence-electron chi connectivity index (χ3n) is 3.03. The third kappa shape index (κ3) is 3.17. The zero-order chi connectivity index (χ0) is 15.4. The molecule has 6 heteroatoms. The number of rotatable bonds is 3. The van der Waals surface area contributed by atoms with Crippen molar-refractivity contribution in [2.24, 2.45) is 10.9 Å². The van der Waals surface area contributed by atoms with Gasteiger partial charge < -0.3 is 15.8 Å². The largest absolute Gasteiger partial charge is 0.409 e. The summed E-state index contributed by atoms with van der Waals surface area (Å²) in [5.41, 5.74) is 6.89. The lowest BCUT2D eigenvalue weighted by molar-refractivity contribution is 0.0993. The van der Waals surface area contributed by atoms with E-state index in [1.807, 2.05) is 0 Å². The van der Waals surface area contributed by atoms with Crippen LogP contribution in [0.1, 0.15) is 15.9 Å². The molecule has 21 heavy (non-hydrogen) atoms. The Morgan fingerprint density at radius 2 is 1.81 bits per heavy atom. The van der Waals surface area contributed by atoms with E-state index in [0.717, 1.165) is 0 Å². The van der Waals surface area contributed by atoms with Crippen molar-refractivity contribution >= 4 is 17.4 Å². The Morgan fingerprint density at radius 3 is 2.43 bits per heavy atom. The van der Waals surface area contributed by atoms with E-state index < -0.39 is 0 Å². The lowest BCUT2D eigenvalue weighted by Crippen LogP contribution is -2.26.